The van der Waals surface area contributed by atoms with Gasteiger partial charge >= 0.3 is 0 Å². The van der Waals surface area contributed by atoms with E-state index in [1.807, 2.05) is 18.0 Å². The molecule has 6 heteroatoms. The molecule has 0 radical (unpaired) electrons. The van der Waals surface area contributed by atoms with Crippen LogP contribution in [0.5, 0.6) is 0 Å². The average molecular weight is 371 g/mol. The largest absolute Gasteiger partial charge is 0.315 e. The molecule has 0 aliphatic heterocycles. The minimum absolute atomic E-state index is 0.160. The second kappa shape index (κ2) is 7.98. The van der Waals surface area contributed by atoms with E-state index in [4.69, 9.17) is 0 Å². The highest BCUT2D eigenvalue weighted by Gasteiger charge is 2.24. The maximum Gasteiger partial charge on any atom is 0.239 e. The summed E-state index contributed by atoms with van der Waals surface area (Å²) in [6, 6.07) is 8.63. The van der Waals surface area contributed by atoms with E-state index in [1.165, 1.54) is 28.3 Å². The molecule has 1 aromatic carbocycles. The van der Waals surface area contributed by atoms with Crippen molar-refractivity contribution in [2.24, 2.45) is 5.92 Å². The summed E-state index contributed by atoms with van der Waals surface area (Å²) < 4.78 is 13.3. The number of hydrogen-bond donors (Lipinski definition) is 1. The molecule has 2 aromatic rings. The normalized spacial score (nSPS) is 16.2. The Hall–Kier alpha value is -2.23. The molecule has 0 bridgehead atoms. The molecule has 4 nitrogen and oxygen atoms in total. The number of benzene rings is 1. The van der Waals surface area contributed by atoms with Crippen molar-refractivity contribution >= 4 is 22.2 Å². The van der Waals surface area contributed by atoms with E-state index in [9.17, 15) is 14.4 Å². The number of rotatable bonds is 5. The van der Waals surface area contributed by atoms with Gasteiger partial charge in [0.05, 0.1) is 12.1 Å². The van der Waals surface area contributed by atoms with Gasteiger partial charge in [-0.25, -0.2) is 4.39 Å². The van der Waals surface area contributed by atoms with Gasteiger partial charge in [0.2, 0.25) is 5.91 Å². The highest BCUT2D eigenvalue weighted by Crippen LogP contribution is 2.39. The molecule has 0 saturated heterocycles. The van der Waals surface area contributed by atoms with E-state index in [0.29, 0.717) is 23.0 Å². The van der Waals surface area contributed by atoms with Gasteiger partial charge in [-0.05, 0) is 55.5 Å². The molecular formula is C20H22FN3OS. The van der Waals surface area contributed by atoms with Gasteiger partial charge in [0.15, 0.2) is 0 Å². The standard InChI is InChI=1S/C20H22FN3OS/c1-13-6-7-16-17(10-22)20(26-18(16)8-13)23-19(25)12-24(2)11-14-4-3-5-15(21)9-14/h3-5,9,13H,6-8,11-12H2,1-2H3,(H,23,25). The number of carbonyl (C=O) groups is 1. The van der Waals surface area contributed by atoms with Crippen LogP contribution in [-0.4, -0.2) is 24.4 Å². The number of anilines is 1. The second-order valence-corrected chi connectivity index (χ2v) is 8.12. The zero-order valence-corrected chi connectivity index (χ0v) is 15.8. The summed E-state index contributed by atoms with van der Waals surface area (Å²) in [5.74, 6) is 0.179. The molecule has 1 atom stereocenters. The van der Waals surface area contributed by atoms with Gasteiger partial charge < -0.3 is 5.32 Å². The predicted molar refractivity (Wildman–Crippen MR) is 102 cm³/mol. The average Bonchev–Trinajstić information content (AvgIpc) is 2.90. The smallest absolute Gasteiger partial charge is 0.239 e. The van der Waals surface area contributed by atoms with Gasteiger partial charge in [-0.1, -0.05) is 19.1 Å². The lowest BCUT2D eigenvalue weighted by molar-refractivity contribution is -0.117. The molecule has 1 aliphatic carbocycles. The summed E-state index contributed by atoms with van der Waals surface area (Å²) >= 11 is 1.53. The molecule has 0 fully saturated rings. The van der Waals surface area contributed by atoms with Crippen molar-refractivity contribution in [3.63, 3.8) is 0 Å². The van der Waals surface area contributed by atoms with E-state index < -0.39 is 0 Å². The lowest BCUT2D eigenvalue weighted by Crippen LogP contribution is -2.29. The summed E-state index contributed by atoms with van der Waals surface area (Å²) in [4.78, 5) is 15.4. The zero-order chi connectivity index (χ0) is 18.7. The summed E-state index contributed by atoms with van der Waals surface area (Å²) in [6.45, 7) is 2.88. The lowest BCUT2D eigenvalue weighted by atomic mass is 9.89. The number of nitriles is 1. The first kappa shape index (κ1) is 18.6. The molecule has 0 saturated carbocycles. The Balaban J connectivity index is 1.64. The highest BCUT2D eigenvalue weighted by atomic mass is 32.1. The molecule has 3 rings (SSSR count). The number of fused-ring (bicyclic) bond motifs is 1. The number of nitrogens with zero attached hydrogens (tertiary/aromatic N) is 2. The maximum atomic E-state index is 13.3. The number of thiophene rings is 1. The molecule has 1 unspecified atom stereocenters. The molecule has 1 N–H and O–H groups in total. The van der Waals surface area contributed by atoms with E-state index in [2.05, 4.69) is 18.3 Å². The SMILES string of the molecule is CC1CCc2c(sc(NC(=O)CN(C)Cc3cccc(F)c3)c2C#N)C1. The lowest BCUT2D eigenvalue weighted by Gasteiger charge is -2.17. The van der Waals surface area contributed by atoms with Crippen molar-refractivity contribution in [1.29, 1.82) is 5.26 Å². The van der Waals surface area contributed by atoms with Gasteiger partial charge in [0.1, 0.15) is 16.9 Å². The fourth-order valence-electron chi connectivity index (χ4n) is 3.37. The molecule has 26 heavy (non-hydrogen) atoms. The Kier molecular flexibility index (Phi) is 5.70. The van der Waals surface area contributed by atoms with Crippen LogP contribution in [0, 0.1) is 23.1 Å². The summed E-state index contributed by atoms with van der Waals surface area (Å²) in [5.41, 5.74) is 2.55. The third kappa shape index (κ3) is 4.29. The van der Waals surface area contributed by atoms with E-state index in [-0.39, 0.29) is 18.3 Å². The second-order valence-electron chi connectivity index (χ2n) is 7.02. The maximum absolute atomic E-state index is 13.3. The Morgan fingerprint density at radius 3 is 3.04 bits per heavy atom. The highest BCUT2D eigenvalue weighted by molar-refractivity contribution is 7.16. The van der Waals surface area contributed by atoms with Crippen LogP contribution in [0.3, 0.4) is 0 Å². The Labute approximate surface area is 157 Å². The topological polar surface area (TPSA) is 56.1 Å². The number of carbonyl (C=O) groups excluding carboxylic acids is 1. The van der Waals surface area contributed by atoms with Crippen molar-refractivity contribution in [2.75, 3.05) is 18.9 Å². The zero-order valence-electron chi connectivity index (χ0n) is 15.0. The van der Waals surface area contributed by atoms with E-state index in [0.717, 1.165) is 30.4 Å². The van der Waals surface area contributed by atoms with Crippen LogP contribution in [0.1, 0.15) is 34.9 Å². The molecule has 136 valence electrons. The van der Waals surface area contributed by atoms with Gasteiger partial charge in [-0.3, -0.25) is 9.69 Å². The first-order valence-corrected chi connectivity index (χ1v) is 9.55. The monoisotopic (exact) mass is 371 g/mol. The van der Waals surface area contributed by atoms with Crippen LogP contribution in [0.4, 0.5) is 9.39 Å². The predicted octanol–water partition coefficient (Wildman–Crippen LogP) is 3.95. The van der Waals surface area contributed by atoms with Crippen molar-refractivity contribution in [3.05, 3.63) is 51.7 Å². The first-order valence-electron chi connectivity index (χ1n) is 8.73. The number of hydrogen-bond acceptors (Lipinski definition) is 4. The van der Waals surface area contributed by atoms with Crippen LogP contribution in [0.25, 0.3) is 0 Å². The minimum atomic E-state index is -0.280. The Morgan fingerprint density at radius 2 is 2.31 bits per heavy atom. The summed E-state index contributed by atoms with van der Waals surface area (Å²) in [6.07, 6.45) is 2.97. The molecular weight excluding hydrogens is 349 g/mol. The Morgan fingerprint density at radius 1 is 1.50 bits per heavy atom. The summed E-state index contributed by atoms with van der Waals surface area (Å²) in [7, 11) is 1.82. The molecule has 1 heterocycles. The van der Waals surface area contributed by atoms with Crippen molar-refractivity contribution in [2.45, 2.75) is 32.7 Å². The van der Waals surface area contributed by atoms with Crippen molar-refractivity contribution in [1.82, 2.24) is 4.90 Å². The van der Waals surface area contributed by atoms with Gasteiger partial charge in [0.25, 0.3) is 0 Å². The number of halogens is 1. The number of amides is 1. The van der Waals surface area contributed by atoms with Crippen molar-refractivity contribution in [3.8, 4) is 6.07 Å². The van der Waals surface area contributed by atoms with E-state index >= 15 is 0 Å². The number of nitrogens with one attached hydrogen (secondary N) is 1. The quantitative estimate of drug-likeness (QED) is 0.866. The Bertz CT molecular complexity index is 855. The molecule has 1 aromatic heterocycles. The minimum Gasteiger partial charge on any atom is -0.315 e. The fourth-order valence-corrected chi connectivity index (χ4v) is 4.75. The van der Waals surface area contributed by atoms with E-state index in [1.54, 1.807) is 6.07 Å². The fraction of sp³-hybridized carbons (Fsp3) is 0.400. The van der Waals surface area contributed by atoms with Crippen LogP contribution >= 0.6 is 11.3 Å². The third-order valence-electron chi connectivity index (χ3n) is 4.63. The molecule has 0 spiro atoms. The summed E-state index contributed by atoms with van der Waals surface area (Å²) in [5, 5.41) is 13.1. The van der Waals surface area contributed by atoms with Crippen LogP contribution in [-0.2, 0) is 24.2 Å². The van der Waals surface area contributed by atoms with Crippen molar-refractivity contribution < 1.29 is 9.18 Å². The molecule has 1 aliphatic rings. The van der Waals surface area contributed by atoms with Crippen LogP contribution in [0.2, 0.25) is 0 Å². The van der Waals surface area contributed by atoms with Crippen LogP contribution < -0.4 is 5.32 Å². The van der Waals surface area contributed by atoms with Gasteiger partial charge in [0, 0.05) is 11.4 Å². The molecule has 1 amide bonds. The first-order chi connectivity index (χ1) is 12.5. The third-order valence-corrected chi connectivity index (χ3v) is 5.80. The van der Waals surface area contributed by atoms with Gasteiger partial charge in [-0.2, -0.15) is 5.26 Å². The number of likely N-dealkylation sites (N-methyl/N-ethyl adjacent to an activating group) is 1. The van der Waals surface area contributed by atoms with Gasteiger partial charge in [-0.15, -0.1) is 11.3 Å². The van der Waals surface area contributed by atoms with Crippen LogP contribution in [0.15, 0.2) is 24.3 Å².